The molecule has 2 atom stereocenters. The summed E-state index contributed by atoms with van der Waals surface area (Å²) in [7, 11) is 0. The summed E-state index contributed by atoms with van der Waals surface area (Å²) in [5.74, 6) is 6.66. The fourth-order valence-corrected chi connectivity index (χ4v) is 2.97. The molecule has 0 radical (unpaired) electrons. The minimum atomic E-state index is -0.285. The molecule has 0 bridgehead atoms. The Kier molecular flexibility index (Phi) is 6.79. The van der Waals surface area contributed by atoms with Crippen molar-refractivity contribution in [1.82, 2.24) is 0 Å². The maximum absolute atomic E-state index is 10.3. The molecule has 1 aliphatic carbocycles. The third-order valence-corrected chi connectivity index (χ3v) is 4.26. The molecule has 0 heterocycles. The van der Waals surface area contributed by atoms with E-state index in [1.807, 2.05) is 37.3 Å². The summed E-state index contributed by atoms with van der Waals surface area (Å²) in [6.07, 6.45) is 5.84. The summed E-state index contributed by atoms with van der Waals surface area (Å²) in [5, 5.41) is 10.3. The Morgan fingerprint density at radius 2 is 1.90 bits per heavy atom. The molecule has 0 amide bonds. The average Bonchev–Trinajstić information content (AvgIpc) is 2.55. The maximum Gasteiger partial charge on any atom is 0.108 e. The summed E-state index contributed by atoms with van der Waals surface area (Å²) in [6, 6.07) is 10.1. The lowest BCUT2D eigenvalue weighted by atomic mass is 9.81. The van der Waals surface area contributed by atoms with Gasteiger partial charge in [-0.1, -0.05) is 61.4 Å². The minimum absolute atomic E-state index is 0.0356. The Hall–Kier alpha value is -1.30. The second-order valence-electron chi connectivity index (χ2n) is 5.98. The van der Waals surface area contributed by atoms with Gasteiger partial charge in [-0.3, -0.25) is 0 Å². The zero-order valence-electron chi connectivity index (χ0n) is 12.9. The van der Waals surface area contributed by atoms with E-state index in [1.165, 1.54) is 19.3 Å². The predicted octanol–water partition coefficient (Wildman–Crippen LogP) is 3.78. The zero-order valence-corrected chi connectivity index (χ0v) is 12.9. The normalized spacial score (nSPS) is 18.6. The van der Waals surface area contributed by atoms with Crippen LogP contribution in [0.4, 0.5) is 0 Å². The van der Waals surface area contributed by atoms with E-state index in [-0.39, 0.29) is 12.0 Å². The molecule has 21 heavy (non-hydrogen) atoms. The van der Waals surface area contributed by atoms with Gasteiger partial charge in [0.15, 0.2) is 0 Å². The second kappa shape index (κ2) is 8.87. The van der Waals surface area contributed by atoms with Gasteiger partial charge in [0, 0.05) is 5.92 Å². The van der Waals surface area contributed by atoms with Gasteiger partial charge in [-0.05, 0) is 31.2 Å². The van der Waals surface area contributed by atoms with Crippen molar-refractivity contribution in [2.75, 3.05) is 6.61 Å². The molecular weight excluding hydrogens is 260 g/mol. The van der Waals surface area contributed by atoms with E-state index in [2.05, 4.69) is 11.8 Å². The first-order valence-corrected chi connectivity index (χ1v) is 8.05. The third-order valence-electron chi connectivity index (χ3n) is 4.26. The van der Waals surface area contributed by atoms with Crippen LogP contribution in [0.15, 0.2) is 30.3 Å². The molecule has 0 saturated heterocycles. The van der Waals surface area contributed by atoms with Crippen molar-refractivity contribution in [1.29, 1.82) is 0 Å². The van der Waals surface area contributed by atoms with Gasteiger partial charge in [0.2, 0.25) is 0 Å². The second-order valence-corrected chi connectivity index (χ2v) is 5.98. The van der Waals surface area contributed by atoms with Crippen LogP contribution in [0.5, 0.6) is 0 Å². The van der Waals surface area contributed by atoms with Crippen LogP contribution in [0.2, 0.25) is 0 Å². The lowest BCUT2D eigenvalue weighted by molar-refractivity contribution is 0.0584. The first-order valence-electron chi connectivity index (χ1n) is 8.05. The van der Waals surface area contributed by atoms with Crippen LogP contribution in [-0.4, -0.2) is 17.8 Å². The van der Waals surface area contributed by atoms with E-state index in [0.717, 1.165) is 18.4 Å². The van der Waals surface area contributed by atoms with Crippen LogP contribution in [-0.2, 0) is 11.3 Å². The van der Waals surface area contributed by atoms with Gasteiger partial charge in [-0.25, -0.2) is 0 Å². The first kappa shape index (κ1) is 16.1. The monoisotopic (exact) mass is 286 g/mol. The Bertz CT molecular complexity index is 451. The Labute approximate surface area is 128 Å². The average molecular weight is 286 g/mol. The Morgan fingerprint density at radius 3 is 2.62 bits per heavy atom. The highest BCUT2D eigenvalue weighted by molar-refractivity contribution is 5.13. The summed E-state index contributed by atoms with van der Waals surface area (Å²) in [6.45, 7) is 3.04. The summed E-state index contributed by atoms with van der Waals surface area (Å²) < 4.78 is 5.54. The van der Waals surface area contributed by atoms with E-state index in [1.54, 1.807) is 0 Å². The van der Waals surface area contributed by atoms with Crippen LogP contribution in [0.1, 0.15) is 44.6 Å². The molecule has 1 aliphatic rings. The van der Waals surface area contributed by atoms with Gasteiger partial charge in [-0.2, -0.15) is 0 Å². The molecule has 1 aromatic rings. The van der Waals surface area contributed by atoms with Gasteiger partial charge in [0.1, 0.15) is 6.61 Å². The van der Waals surface area contributed by atoms with Crippen molar-refractivity contribution in [2.24, 2.45) is 11.8 Å². The number of benzene rings is 1. The summed E-state index contributed by atoms with van der Waals surface area (Å²) >= 11 is 0. The Balaban J connectivity index is 1.69. The summed E-state index contributed by atoms with van der Waals surface area (Å²) in [4.78, 5) is 0. The number of aliphatic hydroxyl groups excluding tert-OH is 1. The van der Waals surface area contributed by atoms with Crippen molar-refractivity contribution in [2.45, 2.75) is 51.7 Å². The van der Waals surface area contributed by atoms with Crippen LogP contribution >= 0.6 is 0 Å². The predicted molar refractivity (Wildman–Crippen MR) is 85.6 cm³/mol. The van der Waals surface area contributed by atoms with Crippen molar-refractivity contribution in [3.05, 3.63) is 35.9 Å². The summed E-state index contributed by atoms with van der Waals surface area (Å²) in [5.41, 5.74) is 1.16. The molecule has 1 fully saturated rings. The molecule has 0 spiro atoms. The number of hydrogen-bond donors (Lipinski definition) is 1. The van der Waals surface area contributed by atoms with E-state index in [0.29, 0.717) is 19.1 Å². The molecule has 114 valence electrons. The molecule has 1 N–H and O–H groups in total. The van der Waals surface area contributed by atoms with Gasteiger partial charge in [0.25, 0.3) is 0 Å². The van der Waals surface area contributed by atoms with Gasteiger partial charge in [-0.15, -0.1) is 0 Å². The molecule has 1 aromatic carbocycles. The molecule has 0 aliphatic heterocycles. The van der Waals surface area contributed by atoms with Gasteiger partial charge < -0.3 is 9.84 Å². The van der Waals surface area contributed by atoms with Gasteiger partial charge in [0.05, 0.1) is 12.7 Å². The van der Waals surface area contributed by atoms with Crippen LogP contribution in [0.3, 0.4) is 0 Å². The molecule has 1 saturated carbocycles. The molecule has 2 nitrogen and oxygen atoms in total. The molecule has 0 aromatic heterocycles. The maximum atomic E-state index is 10.3. The molecule has 2 rings (SSSR count). The van der Waals surface area contributed by atoms with Crippen molar-refractivity contribution in [3.63, 3.8) is 0 Å². The standard InChI is InChI=1S/C19H26O2/c1-16(19(20)18-12-6-3-7-13-18)9-8-14-21-15-17-10-4-2-5-11-17/h2,4-5,10-11,16,18-20H,3,6-7,12-15H2,1H3/t16-,19+/m1/s1. The lowest BCUT2D eigenvalue weighted by Gasteiger charge is -2.28. The fraction of sp³-hybridized carbons (Fsp3) is 0.579. The van der Waals surface area contributed by atoms with E-state index in [9.17, 15) is 5.11 Å². The van der Waals surface area contributed by atoms with E-state index < -0.39 is 0 Å². The highest BCUT2D eigenvalue weighted by atomic mass is 16.5. The topological polar surface area (TPSA) is 29.5 Å². The van der Waals surface area contributed by atoms with Crippen LogP contribution < -0.4 is 0 Å². The van der Waals surface area contributed by atoms with Crippen molar-refractivity contribution < 1.29 is 9.84 Å². The van der Waals surface area contributed by atoms with E-state index in [4.69, 9.17) is 4.74 Å². The van der Waals surface area contributed by atoms with Crippen molar-refractivity contribution in [3.8, 4) is 11.8 Å². The first-order chi connectivity index (χ1) is 10.3. The number of ether oxygens (including phenoxy) is 1. The number of rotatable bonds is 5. The Morgan fingerprint density at radius 1 is 1.19 bits per heavy atom. The fourth-order valence-electron chi connectivity index (χ4n) is 2.97. The molecule has 2 heteroatoms. The van der Waals surface area contributed by atoms with Crippen LogP contribution in [0, 0.1) is 23.7 Å². The quantitative estimate of drug-likeness (QED) is 0.659. The third kappa shape index (κ3) is 5.53. The van der Waals surface area contributed by atoms with Gasteiger partial charge >= 0.3 is 0 Å². The smallest absolute Gasteiger partial charge is 0.108 e. The number of aliphatic hydroxyl groups is 1. The number of hydrogen-bond acceptors (Lipinski definition) is 2. The SMILES string of the molecule is C[C@H](C#CCOCc1ccccc1)[C@H](O)C1CCCCC1. The molecular formula is C19H26O2. The lowest BCUT2D eigenvalue weighted by Crippen LogP contribution is -2.28. The molecule has 0 unspecified atom stereocenters. The largest absolute Gasteiger partial charge is 0.392 e. The zero-order chi connectivity index (χ0) is 14.9. The van der Waals surface area contributed by atoms with Crippen LogP contribution in [0.25, 0.3) is 0 Å². The van der Waals surface area contributed by atoms with E-state index >= 15 is 0 Å². The van der Waals surface area contributed by atoms with Crippen molar-refractivity contribution >= 4 is 0 Å². The highest BCUT2D eigenvalue weighted by Gasteiger charge is 2.25. The highest BCUT2D eigenvalue weighted by Crippen LogP contribution is 2.29. The minimum Gasteiger partial charge on any atom is -0.392 e.